The van der Waals surface area contributed by atoms with Gasteiger partial charge in [0.1, 0.15) is 0 Å². The average Bonchev–Trinajstić information content (AvgIpc) is 2.35. The van der Waals surface area contributed by atoms with E-state index in [1.54, 1.807) is 0 Å². The van der Waals surface area contributed by atoms with Crippen molar-refractivity contribution in [1.29, 1.82) is 0 Å². The van der Waals surface area contributed by atoms with Crippen LogP contribution in [0.25, 0.3) is 10.8 Å². The zero-order chi connectivity index (χ0) is 12.1. The van der Waals surface area contributed by atoms with Gasteiger partial charge < -0.3 is 6.15 Å². The number of unbranched alkanes of at least 4 members (excludes halogenated alkanes) is 3. The van der Waals surface area contributed by atoms with Crippen LogP contribution in [0.2, 0.25) is 0 Å². The lowest BCUT2D eigenvalue weighted by Crippen LogP contribution is -1.86. The number of aryl methyl sites for hydroxylation is 2. The van der Waals surface area contributed by atoms with Gasteiger partial charge in [0, 0.05) is 0 Å². The fourth-order valence-corrected chi connectivity index (χ4v) is 2.33. The van der Waals surface area contributed by atoms with Crippen molar-refractivity contribution < 1.29 is 0 Å². The van der Waals surface area contributed by atoms with Gasteiger partial charge in [-0.2, -0.15) is 0 Å². The van der Waals surface area contributed by atoms with E-state index in [1.165, 1.54) is 54.0 Å². The topological polar surface area (TPSA) is 35.0 Å². The van der Waals surface area contributed by atoms with Gasteiger partial charge in [0.2, 0.25) is 0 Å². The minimum absolute atomic E-state index is 0. The highest BCUT2D eigenvalue weighted by Crippen LogP contribution is 2.19. The molecule has 0 aromatic heterocycles. The van der Waals surface area contributed by atoms with Crippen LogP contribution in [0.3, 0.4) is 0 Å². The molecular formula is C17H25N. The summed E-state index contributed by atoms with van der Waals surface area (Å²) in [4.78, 5) is 0. The van der Waals surface area contributed by atoms with Crippen LogP contribution in [0, 0.1) is 6.92 Å². The van der Waals surface area contributed by atoms with Crippen molar-refractivity contribution in [2.45, 2.75) is 46.0 Å². The van der Waals surface area contributed by atoms with Gasteiger partial charge in [-0.25, -0.2) is 0 Å². The zero-order valence-corrected chi connectivity index (χ0v) is 11.7. The Hall–Kier alpha value is -1.34. The Labute approximate surface area is 111 Å². The van der Waals surface area contributed by atoms with E-state index in [-0.39, 0.29) is 6.15 Å². The standard InChI is InChI=1S/C17H22.H3N/c1-3-4-5-6-7-15-9-11-16-12-14(2)8-10-17(16)13-15;/h8-13H,3-7H2,1-2H3;1H3. The highest BCUT2D eigenvalue weighted by Gasteiger charge is 1.97. The zero-order valence-electron chi connectivity index (χ0n) is 11.7. The summed E-state index contributed by atoms with van der Waals surface area (Å²) in [7, 11) is 0. The van der Waals surface area contributed by atoms with Crippen molar-refractivity contribution in [3.05, 3.63) is 47.5 Å². The average molecular weight is 243 g/mol. The summed E-state index contributed by atoms with van der Waals surface area (Å²) in [5.41, 5.74) is 2.82. The molecule has 2 aromatic rings. The highest BCUT2D eigenvalue weighted by atomic mass is 14.0. The lowest BCUT2D eigenvalue weighted by atomic mass is 10.0. The Morgan fingerprint density at radius 2 is 1.56 bits per heavy atom. The summed E-state index contributed by atoms with van der Waals surface area (Å²) >= 11 is 0. The molecule has 2 rings (SSSR count). The molecule has 0 amide bonds. The Morgan fingerprint density at radius 1 is 0.833 bits per heavy atom. The van der Waals surface area contributed by atoms with E-state index in [0.717, 1.165) is 0 Å². The Kier molecular flexibility index (Phi) is 5.87. The molecule has 0 saturated heterocycles. The third-order valence-corrected chi connectivity index (χ3v) is 3.38. The van der Waals surface area contributed by atoms with E-state index in [0.29, 0.717) is 0 Å². The molecule has 0 aliphatic rings. The van der Waals surface area contributed by atoms with Gasteiger partial charge in [0.15, 0.2) is 0 Å². The molecule has 1 nitrogen and oxygen atoms in total. The van der Waals surface area contributed by atoms with Crippen LogP contribution in [-0.4, -0.2) is 0 Å². The van der Waals surface area contributed by atoms with Crippen LogP contribution in [-0.2, 0) is 6.42 Å². The van der Waals surface area contributed by atoms with Gasteiger partial charge in [0.05, 0.1) is 0 Å². The predicted octanol–water partition coefficient (Wildman–Crippen LogP) is 5.43. The fourth-order valence-electron chi connectivity index (χ4n) is 2.33. The number of hydrogen-bond donors (Lipinski definition) is 1. The lowest BCUT2D eigenvalue weighted by molar-refractivity contribution is 0.667. The van der Waals surface area contributed by atoms with Crippen molar-refractivity contribution in [1.82, 2.24) is 6.15 Å². The molecule has 0 saturated carbocycles. The molecule has 0 heterocycles. The smallest absolute Gasteiger partial charge is 0.0181 e. The number of hydrogen-bond acceptors (Lipinski definition) is 1. The van der Waals surface area contributed by atoms with E-state index in [1.807, 2.05) is 0 Å². The van der Waals surface area contributed by atoms with Crippen molar-refractivity contribution in [3.63, 3.8) is 0 Å². The maximum absolute atomic E-state index is 2.35. The Morgan fingerprint density at radius 3 is 2.33 bits per heavy atom. The van der Waals surface area contributed by atoms with Gasteiger partial charge in [-0.05, 0) is 36.1 Å². The first-order valence-electron chi connectivity index (χ1n) is 6.79. The number of benzene rings is 2. The van der Waals surface area contributed by atoms with E-state index in [4.69, 9.17) is 0 Å². The largest absolute Gasteiger partial charge is 0.344 e. The predicted molar refractivity (Wildman–Crippen MR) is 81.6 cm³/mol. The molecule has 0 aliphatic heterocycles. The van der Waals surface area contributed by atoms with Gasteiger partial charge in [-0.15, -0.1) is 0 Å². The molecule has 18 heavy (non-hydrogen) atoms. The minimum atomic E-state index is 0. The second-order valence-corrected chi connectivity index (χ2v) is 5.00. The Balaban J connectivity index is 0.00000162. The second-order valence-electron chi connectivity index (χ2n) is 5.00. The van der Waals surface area contributed by atoms with Gasteiger partial charge in [-0.1, -0.05) is 68.1 Å². The molecule has 0 spiro atoms. The molecule has 0 fully saturated rings. The van der Waals surface area contributed by atoms with Crippen molar-refractivity contribution in [2.75, 3.05) is 0 Å². The third-order valence-electron chi connectivity index (χ3n) is 3.38. The summed E-state index contributed by atoms with van der Waals surface area (Å²) < 4.78 is 0. The second kappa shape index (κ2) is 7.17. The fraction of sp³-hybridized carbons (Fsp3) is 0.412. The monoisotopic (exact) mass is 243 g/mol. The van der Waals surface area contributed by atoms with Crippen molar-refractivity contribution in [2.24, 2.45) is 0 Å². The SMILES string of the molecule is CCCCCCc1ccc2cc(C)ccc2c1.N. The summed E-state index contributed by atoms with van der Waals surface area (Å²) in [5, 5.41) is 2.74. The highest BCUT2D eigenvalue weighted by molar-refractivity contribution is 5.83. The van der Waals surface area contributed by atoms with Gasteiger partial charge >= 0.3 is 0 Å². The lowest BCUT2D eigenvalue weighted by Gasteiger charge is -2.04. The molecule has 0 radical (unpaired) electrons. The molecule has 1 heteroatoms. The molecule has 3 N–H and O–H groups in total. The number of fused-ring (bicyclic) bond motifs is 1. The molecule has 0 atom stereocenters. The summed E-state index contributed by atoms with van der Waals surface area (Å²) in [6.45, 7) is 4.41. The van der Waals surface area contributed by atoms with Crippen molar-refractivity contribution >= 4 is 10.8 Å². The molecule has 0 unspecified atom stereocenters. The molecular weight excluding hydrogens is 218 g/mol. The first kappa shape index (κ1) is 14.7. The Bertz CT molecular complexity index is 488. The van der Waals surface area contributed by atoms with Crippen LogP contribution < -0.4 is 6.15 Å². The van der Waals surface area contributed by atoms with E-state index >= 15 is 0 Å². The van der Waals surface area contributed by atoms with Crippen molar-refractivity contribution in [3.8, 4) is 0 Å². The van der Waals surface area contributed by atoms with Crippen LogP contribution in [0.4, 0.5) is 0 Å². The van der Waals surface area contributed by atoms with Crippen LogP contribution >= 0.6 is 0 Å². The quantitative estimate of drug-likeness (QED) is 0.698. The van der Waals surface area contributed by atoms with Crippen LogP contribution in [0.1, 0.15) is 43.7 Å². The van der Waals surface area contributed by atoms with Crippen LogP contribution in [0.5, 0.6) is 0 Å². The maximum atomic E-state index is 2.35. The van der Waals surface area contributed by atoms with Gasteiger partial charge in [0.25, 0.3) is 0 Å². The summed E-state index contributed by atoms with van der Waals surface area (Å²) in [6, 6.07) is 13.6. The van der Waals surface area contributed by atoms with Gasteiger partial charge in [-0.3, -0.25) is 0 Å². The molecule has 98 valence electrons. The normalized spacial score (nSPS) is 10.3. The molecule has 0 bridgehead atoms. The van der Waals surface area contributed by atoms with E-state index < -0.39 is 0 Å². The summed E-state index contributed by atoms with van der Waals surface area (Å²) in [6.07, 6.45) is 6.60. The first-order chi connectivity index (χ1) is 8.29. The maximum Gasteiger partial charge on any atom is -0.0181 e. The van der Waals surface area contributed by atoms with E-state index in [9.17, 15) is 0 Å². The molecule has 0 aliphatic carbocycles. The minimum Gasteiger partial charge on any atom is -0.344 e. The number of rotatable bonds is 5. The third kappa shape index (κ3) is 3.85. The van der Waals surface area contributed by atoms with E-state index in [2.05, 4.69) is 50.2 Å². The summed E-state index contributed by atoms with van der Waals surface area (Å²) in [5.74, 6) is 0. The first-order valence-corrected chi connectivity index (χ1v) is 6.79. The molecule has 2 aromatic carbocycles. The van der Waals surface area contributed by atoms with Crippen LogP contribution in [0.15, 0.2) is 36.4 Å².